The van der Waals surface area contributed by atoms with Crippen LogP contribution in [0.4, 0.5) is 0 Å². The predicted octanol–water partition coefficient (Wildman–Crippen LogP) is 0.598. The topological polar surface area (TPSA) is 52.7 Å². The SMILES string of the molecule is CC(CNC1CC(=O)N(C2CC2)C1=O)CN1CCCC1. The second kappa shape index (κ2) is 5.82. The molecule has 3 aliphatic rings. The van der Waals surface area contributed by atoms with Crippen LogP contribution in [0.5, 0.6) is 0 Å². The number of likely N-dealkylation sites (tertiary alicyclic amines) is 2. The fourth-order valence-corrected chi connectivity index (χ4v) is 3.34. The van der Waals surface area contributed by atoms with E-state index in [1.54, 1.807) is 0 Å². The fraction of sp³-hybridized carbons (Fsp3) is 0.867. The van der Waals surface area contributed by atoms with Crippen LogP contribution in [-0.2, 0) is 9.59 Å². The average Bonchev–Trinajstić information content (AvgIpc) is 3.02. The van der Waals surface area contributed by atoms with E-state index in [4.69, 9.17) is 0 Å². The number of hydrogen-bond donors (Lipinski definition) is 1. The number of nitrogens with zero attached hydrogens (tertiary/aromatic N) is 2. The van der Waals surface area contributed by atoms with Crippen molar-refractivity contribution in [2.75, 3.05) is 26.2 Å². The highest BCUT2D eigenvalue weighted by molar-refractivity contribution is 6.06. The van der Waals surface area contributed by atoms with Gasteiger partial charge in [0.05, 0.1) is 12.5 Å². The van der Waals surface area contributed by atoms with E-state index in [1.807, 2.05) is 0 Å². The van der Waals surface area contributed by atoms with Gasteiger partial charge in [-0.15, -0.1) is 0 Å². The Morgan fingerprint density at radius 3 is 2.60 bits per heavy atom. The zero-order valence-corrected chi connectivity index (χ0v) is 12.3. The average molecular weight is 279 g/mol. The summed E-state index contributed by atoms with van der Waals surface area (Å²) in [4.78, 5) is 28.0. The van der Waals surface area contributed by atoms with Crippen molar-refractivity contribution in [2.45, 2.75) is 51.1 Å². The molecule has 0 aromatic heterocycles. The Kier molecular flexibility index (Phi) is 4.08. The van der Waals surface area contributed by atoms with Gasteiger partial charge in [-0.2, -0.15) is 0 Å². The van der Waals surface area contributed by atoms with Crippen molar-refractivity contribution in [3.63, 3.8) is 0 Å². The van der Waals surface area contributed by atoms with Crippen LogP contribution in [-0.4, -0.2) is 59.9 Å². The molecule has 0 radical (unpaired) electrons. The standard InChI is InChI=1S/C15H25N3O2/c1-11(10-17-6-2-3-7-17)9-16-13-8-14(19)18(15(13)20)12-4-5-12/h11-13,16H,2-10H2,1H3. The number of rotatable bonds is 6. The zero-order chi connectivity index (χ0) is 14.1. The highest BCUT2D eigenvalue weighted by atomic mass is 16.2. The molecule has 5 heteroatoms. The number of carbonyl (C=O) groups excluding carboxylic acids is 2. The van der Waals surface area contributed by atoms with Crippen LogP contribution in [0.3, 0.4) is 0 Å². The van der Waals surface area contributed by atoms with Gasteiger partial charge in [0.25, 0.3) is 0 Å². The fourth-order valence-electron chi connectivity index (χ4n) is 3.34. The molecule has 3 rings (SSSR count). The molecular formula is C15H25N3O2. The summed E-state index contributed by atoms with van der Waals surface area (Å²) < 4.78 is 0. The van der Waals surface area contributed by atoms with Gasteiger partial charge in [0, 0.05) is 12.6 Å². The number of hydrogen-bond acceptors (Lipinski definition) is 4. The summed E-state index contributed by atoms with van der Waals surface area (Å²) in [6.07, 6.45) is 4.97. The molecule has 0 bridgehead atoms. The van der Waals surface area contributed by atoms with Crippen molar-refractivity contribution >= 4 is 11.8 Å². The summed E-state index contributed by atoms with van der Waals surface area (Å²) in [7, 11) is 0. The third-order valence-corrected chi connectivity index (χ3v) is 4.58. The lowest BCUT2D eigenvalue weighted by atomic mass is 10.1. The zero-order valence-electron chi connectivity index (χ0n) is 12.3. The Bertz CT molecular complexity index is 389. The van der Waals surface area contributed by atoms with Crippen LogP contribution in [0.1, 0.15) is 39.0 Å². The number of nitrogens with one attached hydrogen (secondary N) is 1. The lowest BCUT2D eigenvalue weighted by molar-refractivity contribution is -0.139. The van der Waals surface area contributed by atoms with Crippen molar-refractivity contribution < 1.29 is 9.59 Å². The molecule has 0 aromatic rings. The summed E-state index contributed by atoms with van der Waals surface area (Å²) in [5, 5.41) is 3.31. The molecule has 2 unspecified atom stereocenters. The molecule has 5 nitrogen and oxygen atoms in total. The largest absolute Gasteiger partial charge is 0.305 e. The van der Waals surface area contributed by atoms with E-state index < -0.39 is 0 Å². The van der Waals surface area contributed by atoms with Gasteiger partial charge in [-0.05, 0) is 51.2 Å². The van der Waals surface area contributed by atoms with Crippen molar-refractivity contribution in [1.82, 2.24) is 15.1 Å². The van der Waals surface area contributed by atoms with E-state index in [2.05, 4.69) is 17.1 Å². The van der Waals surface area contributed by atoms with Gasteiger partial charge in [0.15, 0.2) is 0 Å². The molecule has 0 aromatic carbocycles. The normalized spacial score (nSPS) is 29.4. The van der Waals surface area contributed by atoms with Gasteiger partial charge in [0.2, 0.25) is 11.8 Å². The minimum absolute atomic E-state index is 0.00544. The van der Waals surface area contributed by atoms with Crippen LogP contribution in [0.25, 0.3) is 0 Å². The third kappa shape index (κ3) is 3.04. The van der Waals surface area contributed by atoms with E-state index in [1.165, 1.54) is 30.8 Å². The van der Waals surface area contributed by atoms with E-state index in [-0.39, 0.29) is 23.9 Å². The van der Waals surface area contributed by atoms with E-state index in [0.717, 1.165) is 25.9 Å². The molecule has 2 atom stereocenters. The first kappa shape index (κ1) is 14.0. The molecule has 2 saturated heterocycles. The Labute approximate surface area is 120 Å². The van der Waals surface area contributed by atoms with Gasteiger partial charge in [-0.25, -0.2) is 0 Å². The van der Waals surface area contributed by atoms with Gasteiger partial charge in [-0.3, -0.25) is 14.5 Å². The van der Waals surface area contributed by atoms with E-state index in [9.17, 15) is 9.59 Å². The molecule has 0 spiro atoms. The highest BCUT2D eigenvalue weighted by Crippen LogP contribution is 2.31. The molecular weight excluding hydrogens is 254 g/mol. The molecule has 20 heavy (non-hydrogen) atoms. The van der Waals surface area contributed by atoms with Crippen molar-refractivity contribution in [3.8, 4) is 0 Å². The summed E-state index contributed by atoms with van der Waals surface area (Å²) in [5.41, 5.74) is 0. The Balaban J connectivity index is 1.43. The van der Waals surface area contributed by atoms with Crippen LogP contribution >= 0.6 is 0 Å². The smallest absolute Gasteiger partial charge is 0.247 e. The quantitative estimate of drug-likeness (QED) is 0.723. The maximum Gasteiger partial charge on any atom is 0.247 e. The summed E-state index contributed by atoms with van der Waals surface area (Å²) in [6.45, 7) is 6.54. The summed E-state index contributed by atoms with van der Waals surface area (Å²) in [6, 6.07) is -0.0621. The maximum atomic E-state index is 12.2. The molecule has 2 aliphatic heterocycles. The minimum atomic E-state index is -0.274. The second-order valence-electron chi connectivity index (χ2n) is 6.61. The second-order valence-corrected chi connectivity index (χ2v) is 6.61. The molecule has 1 saturated carbocycles. The highest BCUT2D eigenvalue weighted by Gasteiger charge is 2.45. The van der Waals surface area contributed by atoms with E-state index in [0.29, 0.717) is 12.3 Å². The van der Waals surface area contributed by atoms with Gasteiger partial charge < -0.3 is 10.2 Å². The van der Waals surface area contributed by atoms with Gasteiger partial charge in [0.1, 0.15) is 0 Å². The van der Waals surface area contributed by atoms with Crippen molar-refractivity contribution in [2.24, 2.45) is 5.92 Å². The first-order valence-corrected chi connectivity index (χ1v) is 7.97. The third-order valence-electron chi connectivity index (χ3n) is 4.58. The molecule has 112 valence electrons. The monoisotopic (exact) mass is 279 g/mol. The van der Waals surface area contributed by atoms with Crippen LogP contribution in [0, 0.1) is 5.92 Å². The van der Waals surface area contributed by atoms with Crippen LogP contribution in [0.15, 0.2) is 0 Å². The van der Waals surface area contributed by atoms with Gasteiger partial charge in [-0.1, -0.05) is 6.92 Å². The number of carbonyl (C=O) groups is 2. The molecule has 3 fully saturated rings. The maximum absolute atomic E-state index is 12.2. The van der Waals surface area contributed by atoms with Crippen molar-refractivity contribution in [3.05, 3.63) is 0 Å². The van der Waals surface area contributed by atoms with Crippen LogP contribution < -0.4 is 5.32 Å². The lowest BCUT2D eigenvalue weighted by Crippen LogP contribution is -2.42. The summed E-state index contributed by atoms with van der Waals surface area (Å²) in [5.74, 6) is 0.541. The van der Waals surface area contributed by atoms with Crippen LogP contribution in [0.2, 0.25) is 0 Å². The first-order chi connectivity index (χ1) is 9.65. The molecule has 1 N–H and O–H groups in total. The lowest BCUT2D eigenvalue weighted by Gasteiger charge is -2.22. The predicted molar refractivity (Wildman–Crippen MR) is 76.1 cm³/mol. The Hall–Kier alpha value is -0.940. The first-order valence-electron chi connectivity index (χ1n) is 7.97. The molecule has 1 aliphatic carbocycles. The van der Waals surface area contributed by atoms with Crippen molar-refractivity contribution in [1.29, 1.82) is 0 Å². The molecule has 2 amide bonds. The Morgan fingerprint density at radius 2 is 1.95 bits per heavy atom. The minimum Gasteiger partial charge on any atom is -0.305 e. The van der Waals surface area contributed by atoms with Gasteiger partial charge >= 0.3 is 0 Å². The summed E-state index contributed by atoms with van der Waals surface area (Å²) >= 11 is 0. The number of amides is 2. The van der Waals surface area contributed by atoms with E-state index >= 15 is 0 Å². The molecule has 2 heterocycles. The number of imide groups is 1. The Morgan fingerprint density at radius 1 is 1.25 bits per heavy atom.